The molecule has 1 heterocycles. The van der Waals surface area contributed by atoms with E-state index in [9.17, 15) is 14.4 Å². The van der Waals surface area contributed by atoms with Gasteiger partial charge in [-0.05, 0) is 47.5 Å². The van der Waals surface area contributed by atoms with Crippen molar-refractivity contribution in [1.29, 1.82) is 0 Å². The van der Waals surface area contributed by atoms with Crippen LogP contribution in [0, 0.1) is 6.92 Å². The van der Waals surface area contributed by atoms with E-state index in [1.54, 1.807) is 37.3 Å². The second kappa shape index (κ2) is 6.92. The van der Waals surface area contributed by atoms with Crippen LogP contribution >= 0.6 is 15.9 Å². The van der Waals surface area contributed by atoms with E-state index in [0.29, 0.717) is 11.3 Å². The van der Waals surface area contributed by atoms with E-state index in [4.69, 9.17) is 0 Å². The number of anilines is 1. The minimum atomic E-state index is -1.18. The molecule has 3 rings (SSSR count). The molecule has 1 saturated heterocycles. The molecule has 1 aliphatic heterocycles. The number of halogens is 1. The molecule has 134 valence electrons. The Morgan fingerprint density at radius 2 is 1.81 bits per heavy atom. The SMILES string of the molecule is Cc1ccc([C@]2(C)NC(=O)N(CC(=O)Nc3ccccc3Br)C2=O)cc1. The van der Waals surface area contributed by atoms with Gasteiger partial charge in [-0.3, -0.25) is 14.5 Å². The normalized spacial score (nSPS) is 19.4. The molecule has 1 aliphatic rings. The molecule has 26 heavy (non-hydrogen) atoms. The number of benzene rings is 2. The average Bonchev–Trinajstić information content (AvgIpc) is 2.82. The maximum absolute atomic E-state index is 12.8. The maximum Gasteiger partial charge on any atom is 0.325 e. The van der Waals surface area contributed by atoms with Gasteiger partial charge in [0.25, 0.3) is 5.91 Å². The van der Waals surface area contributed by atoms with Crippen LogP contribution in [0.4, 0.5) is 10.5 Å². The van der Waals surface area contributed by atoms with Crippen LogP contribution < -0.4 is 10.6 Å². The highest BCUT2D eigenvalue weighted by Crippen LogP contribution is 2.29. The molecule has 0 spiro atoms. The van der Waals surface area contributed by atoms with Gasteiger partial charge in [0.2, 0.25) is 5.91 Å². The predicted octanol–water partition coefficient (Wildman–Crippen LogP) is 3.16. The fourth-order valence-electron chi connectivity index (χ4n) is 2.82. The molecule has 1 atom stereocenters. The summed E-state index contributed by atoms with van der Waals surface area (Å²) in [6.07, 6.45) is 0. The quantitative estimate of drug-likeness (QED) is 0.752. The van der Waals surface area contributed by atoms with Crippen LogP contribution in [-0.2, 0) is 15.1 Å². The molecule has 7 heteroatoms. The van der Waals surface area contributed by atoms with Crippen LogP contribution in [0.5, 0.6) is 0 Å². The highest BCUT2D eigenvalue weighted by molar-refractivity contribution is 9.10. The van der Waals surface area contributed by atoms with Gasteiger partial charge in [0, 0.05) is 4.47 Å². The zero-order chi connectivity index (χ0) is 18.9. The fourth-order valence-corrected chi connectivity index (χ4v) is 3.20. The number of urea groups is 1. The Labute approximate surface area is 159 Å². The number of carbonyl (C=O) groups is 3. The smallest absolute Gasteiger partial charge is 0.324 e. The summed E-state index contributed by atoms with van der Waals surface area (Å²) < 4.78 is 0.718. The molecule has 1 fully saturated rings. The first kappa shape index (κ1) is 18.1. The number of hydrogen-bond donors (Lipinski definition) is 2. The van der Waals surface area contributed by atoms with Gasteiger partial charge in [0.05, 0.1) is 5.69 Å². The van der Waals surface area contributed by atoms with Gasteiger partial charge in [-0.2, -0.15) is 0 Å². The van der Waals surface area contributed by atoms with Crippen LogP contribution in [0.2, 0.25) is 0 Å². The number of carbonyl (C=O) groups excluding carboxylic acids is 3. The standard InChI is InChI=1S/C19H18BrN3O3/c1-12-7-9-13(10-8-12)19(2)17(25)23(18(26)22-19)11-16(24)21-15-6-4-3-5-14(15)20/h3-10H,11H2,1-2H3,(H,21,24)(H,22,26)/t19-/m0/s1. The number of para-hydroxylation sites is 1. The number of amides is 4. The summed E-state index contributed by atoms with van der Waals surface area (Å²) in [6.45, 7) is 3.23. The summed E-state index contributed by atoms with van der Waals surface area (Å²) >= 11 is 3.34. The van der Waals surface area contributed by atoms with Crippen LogP contribution in [0.1, 0.15) is 18.1 Å². The molecule has 0 radical (unpaired) electrons. The van der Waals surface area contributed by atoms with Crippen LogP contribution in [0.15, 0.2) is 53.0 Å². The first-order chi connectivity index (χ1) is 12.3. The molecule has 2 aromatic carbocycles. The summed E-state index contributed by atoms with van der Waals surface area (Å²) in [6, 6.07) is 13.9. The molecule has 0 aliphatic carbocycles. The lowest BCUT2D eigenvalue weighted by molar-refractivity contribution is -0.133. The maximum atomic E-state index is 12.8. The molecule has 0 unspecified atom stereocenters. The third-order valence-corrected chi connectivity index (χ3v) is 5.05. The van der Waals surface area contributed by atoms with Gasteiger partial charge in [-0.25, -0.2) is 4.79 Å². The molecule has 0 bridgehead atoms. The lowest BCUT2D eigenvalue weighted by atomic mass is 9.91. The molecule has 6 nitrogen and oxygen atoms in total. The van der Waals surface area contributed by atoms with E-state index in [-0.39, 0.29) is 6.54 Å². The minimum absolute atomic E-state index is 0.354. The Hall–Kier alpha value is -2.67. The Bertz CT molecular complexity index is 882. The van der Waals surface area contributed by atoms with Gasteiger partial charge < -0.3 is 10.6 Å². The lowest BCUT2D eigenvalue weighted by Gasteiger charge is -2.22. The Kier molecular flexibility index (Phi) is 4.82. The molecular weight excluding hydrogens is 398 g/mol. The fraction of sp³-hybridized carbons (Fsp3) is 0.211. The van der Waals surface area contributed by atoms with Crippen molar-refractivity contribution in [3.8, 4) is 0 Å². The van der Waals surface area contributed by atoms with Gasteiger partial charge in [-0.1, -0.05) is 42.0 Å². The largest absolute Gasteiger partial charge is 0.325 e. The number of aryl methyl sites for hydroxylation is 1. The van der Waals surface area contributed by atoms with Crippen LogP contribution in [-0.4, -0.2) is 29.3 Å². The molecular formula is C19H18BrN3O3. The molecule has 0 aromatic heterocycles. The first-order valence-corrected chi connectivity index (χ1v) is 8.86. The number of rotatable bonds is 4. The minimum Gasteiger partial charge on any atom is -0.324 e. The van der Waals surface area contributed by atoms with Crippen molar-refractivity contribution in [2.24, 2.45) is 0 Å². The van der Waals surface area contributed by atoms with E-state index in [1.165, 1.54) is 0 Å². The zero-order valence-electron chi connectivity index (χ0n) is 14.4. The van der Waals surface area contributed by atoms with Crippen LogP contribution in [0.25, 0.3) is 0 Å². The van der Waals surface area contributed by atoms with Crippen molar-refractivity contribution in [1.82, 2.24) is 10.2 Å². The summed E-state index contributed by atoms with van der Waals surface area (Å²) in [7, 11) is 0. The molecule has 2 N–H and O–H groups in total. The van der Waals surface area contributed by atoms with Gasteiger partial charge in [0.15, 0.2) is 0 Å². The lowest BCUT2D eigenvalue weighted by Crippen LogP contribution is -2.42. The highest BCUT2D eigenvalue weighted by atomic mass is 79.9. The van der Waals surface area contributed by atoms with E-state index in [1.807, 2.05) is 25.1 Å². The van der Waals surface area contributed by atoms with E-state index >= 15 is 0 Å². The molecule has 4 amide bonds. The zero-order valence-corrected chi connectivity index (χ0v) is 16.0. The summed E-state index contributed by atoms with van der Waals surface area (Å²) in [4.78, 5) is 38.4. The monoisotopic (exact) mass is 415 g/mol. The number of hydrogen-bond acceptors (Lipinski definition) is 3. The summed E-state index contributed by atoms with van der Waals surface area (Å²) in [5, 5.41) is 5.39. The van der Waals surface area contributed by atoms with Gasteiger partial charge >= 0.3 is 6.03 Å². The predicted molar refractivity (Wildman–Crippen MR) is 102 cm³/mol. The van der Waals surface area contributed by atoms with Crippen molar-refractivity contribution in [2.75, 3.05) is 11.9 Å². The second-order valence-electron chi connectivity index (χ2n) is 6.34. The molecule has 0 saturated carbocycles. The van der Waals surface area contributed by atoms with E-state index < -0.39 is 23.4 Å². The van der Waals surface area contributed by atoms with Crippen molar-refractivity contribution in [3.05, 3.63) is 64.1 Å². The van der Waals surface area contributed by atoms with Crippen LogP contribution in [0.3, 0.4) is 0 Å². The highest BCUT2D eigenvalue weighted by Gasteiger charge is 2.49. The Morgan fingerprint density at radius 3 is 2.46 bits per heavy atom. The summed E-state index contributed by atoms with van der Waals surface area (Å²) in [5.74, 6) is -0.901. The average molecular weight is 416 g/mol. The topological polar surface area (TPSA) is 78.5 Å². The van der Waals surface area contributed by atoms with Crippen molar-refractivity contribution >= 4 is 39.5 Å². The second-order valence-corrected chi connectivity index (χ2v) is 7.19. The number of nitrogens with zero attached hydrogens (tertiary/aromatic N) is 1. The third-order valence-electron chi connectivity index (χ3n) is 4.35. The van der Waals surface area contributed by atoms with Gasteiger partial charge in [0.1, 0.15) is 12.1 Å². The number of nitrogens with one attached hydrogen (secondary N) is 2. The molecule has 2 aromatic rings. The van der Waals surface area contributed by atoms with Gasteiger partial charge in [-0.15, -0.1) is 0 Å². The Morgan fingerprint density at radius 1 is 1.15 bits per heavy atom. The first-order valence-electron chi connectivity index (χ1n) is 8.07. The third kappa shape index (κ3) is 3.35. The van der Waals surface area contributed by atoms with Crippen molar-refractivity contribution < 1.29 is 14.4 Å². The van der Waals surface area contributed by atoms with Crippen molar-refractivity contribution in [3.63, 3.8) is 0 Å². The van der Waals surface area contributed by atoms with Crippen molar-refractivity contribution in [2.45, 2.75) is 19.4 Å². The van der Waals surface area contributed by atoms with E-state index in [0.717, 1.165) is 14.9 Å². The Balaban J connectivity index is 1.76. The number of imide groups is 1. The van der Waals surface area contributed by atoms with E-state index in [2.05, 4.69) is 26.6 Å². The summed E-state index contributed by atoms with van der Waals surface area (Å²) in [5.41, 5.74) is 1.12.